The molecular formula is C28H24F8N2O4. The van der Waals surface area contributed by atoms with Gasteiger partial charge in [0.1, 0.15) is 17.4 Å². The molecule has 3 aromatic rings. The fraction of sp³-hybridized carbons (Fsp3) is 0.286. The maximum absolute atomic E-state index is 14.8. The Kier molecular flexibility index (Phi) is 10.0. The molecule has 2 amide bonds. The molecule has 6 nitrogen and oxygen atoms in total. The number of esters is 1. The van der Waals surface area contributed by atoms with Gasteiger partial charge in [-0.25, -0.2) is 18.4 Å². The minimum Gasteiger partial charge on any atom is -0.462 e. The van der Waals surface area contributed by atoms with Gasteiger partial charge in [0.25, 0.3) is 0 Å². The Labute approximate surface area is 234 Å². The number of nitrogens with one attached hydrogen (secondary N) is 2. The summed E-state index contributed by atoms with van der Waals surface area (Å²) >= 11 is 0. The number of halogens is 8. The summed E-state index contributed by atoms with van der Waals surface area (Å²) < 4.78 is 119. The Hall–Kier alpha value is -4.36. The number of ether oxygens (including phenoxy) is 2. The Morgan fingerprint density at radius 3 is 2.10 bits per heavy atom. The van der Waals surface area contributed by atoms with E-state index in [-0.39, 0.29) is 24.2 Å². The number of benzene rings is 3. The van der Waals surface area contributed by atoms with Crippen molar-refractivity contribution in [2.45, 2.75) is 37.3 Å². The molecule has 0 saturated carbocycles. The van der Waals surface area contributed by atoms with Crippen molar-refractivity contribution in [1.82, 2.24) is 10.6 Å². The van der Waals surface area contributed by atoms with Crippen LogP contribution in [0.3, 0.4) is 0 Å². The molecule has 0 aromatic heterocycles. The summed E-state index contributed by atoms with van der Waals surface area (Å²) in [7, 11) is 0. The lowest BCUT2D eigenvalue weighted by atomic mass is 9.77. The van der Waals surface area contributed by atoms with Crippen molar-refractivity contribution in [1.29, 1.82) is 0 Å². The molecule has 0 radical (unpaired) electrons. The highest BCUT2D eigenvalue weighted by molar-refractivity contribution is 5.80. The number of alkyl halides is 6. The third kappa shape index (κ3) is 7.89. The first kappa shape index (κ1) is 32.2. The predicted molar refractivity (Wildman–Crippen MR) is 133 cm³/mol. The van der Waals surface area contributed by atoms with Gasteiger partial charge in [-0.2, -0.15) is 26.3 Å². The van der Waals surface area contributed by atoms with E-state index in [0.29, 0.717) is 11.6 Å². The first-order valence-electron chi connectivity index (χ1n) is 12.3. The number of amides is 2. The quantitative estimate of drug-likeness (QED) is 0.191. The third-order valence-corrected chi connectivity index (χ3v) is 5.89. The van der Waals surface area contributed by atoms with Crippen LogP contribution in [0.2, 0.25) is 0 Å². The molecule has 0 aliphatic rings. The third-order valence-electron chi connectivity index (χ3n) is 5.89. The van der Waals surface area contributed by atoms with Crippen molar-refractivity contribution in [3.8, 4) is 5.75 Å². The number of urea groups is 1. The van der Waals surface area contributed by atoms with E-state index in [9.17, 15) is 44.7 Å². The van der Waals surface area contributed by atoms with Crippen LogP contribution in [0.1, 0.15) is 23.6 Å². The van der Waals surface area contributed by atoms with Crippen molar-refractivity contribution in [3.05, 3.63) is 101 Å². The molecule has 226 valence electrons. The fourth-order valence-electron chi connectivity index (χ4n) is 4.00. The number of carbonyl (C=O) groups excluding carboxylic acids is 2. The Balaban J connectivity index is 2.16. The van der Waals surface area contributed by atoms with Crippen molar-refractivity contribution in [3.63, 3.8) is 0 Å². The van der Waals surface area contributed by atoms with E-state index in [2.05, 4.69) is 14.8 Å². The van der Waals surface area contributed by atoms with Gasteiger partial charge in [0, 0.05) is 12.5 Å². The van der Waals surface area contributed by atoms with Gasteiger partial charge in [0.15, 0.2) is 0 Å². The fourth-order valence-corrected chi connectivity index (χ4v) is 4.00. The van der Waals surface area contributed by atoms with Crippen molar-refractivity contribution >= 4 is 12.0 Å². The molecule has 0 aliphatic carbocycles. The zero-order valence-electron chi connectivity index (χ0n) is 21.8. The molecule has 3 aromatic carbocycles. The van der Waals surface area contributed by atoms with E-state index in [4.69, 9.17) is 0 Å². The van der Waals surface area contributed by atoms with Crippen LogP contribution in [0.25, 0.3) is 0 Å². The summed E-state index contributed by atoms with van der Waals surface area (Å²) in [5.41, 5.74) is -1.94. The monoisotopic (exact) mass is 604 g/mol. The van der Waals surface area contributed by atoms with Crippen LogP contribution in [-0.2, 0) is 21.5 Å². The molecule has 0 fully saturated rings. The second-order valence-electron chi connectivity index (χ2n) is 8.95. The molecule has 1 unspecified atom stereocenters. The number of hydrogen-bond acceptors (Lipinski definition) is 4. The van der Waals surface area contributed by atoms with Gasteiger partial charge in [0.05, 0.1) is 18.7 Å². The standard InChI is InChI=1S/C28H24F8N2O4/c1-2-41-24(39)27(33,34)16-37-25(40)38-26(15-17-6-4-3-5-7-17,18-8-10-20(29)11-9-18)19-12-21(30)14-22(13-19)42-28(35,36)23(31)32/h3-14,23H,2,15-16H2,1H3,(H2,37,38,40). The number of rotatable bonds is 12. The second kappa shape index (κ2) is 13.1. The zero-order chi connectivity index (χ0) is 31.1. The topological polar surface area (TPSA) is 76.7 Å². The second-order valence-corrected chi connectivity index (χ2v) is 8.95. The van der Waals surface area contributed by atoms with Gasteiger partial charge in [-0.15, -0.1) is 0 Å². The largest absolute Gasteiger partial charge is 0.462 e. The molecule has 0 heterocycles. The summed E-state index contributed by atoms with van der Waals surface area (Å²) in [4.78, 5) is 24.6. The van der Waals surface area contributed by atoms with E-state index in [1.54, 1.807) is 30.3 Å². The summed E-state index contributed by atoms with van der Waals surface area (Å²) in [5, 5.41) is 4.22. The van der Waals surface area contributed by atoms with Crippen LogP contribution in [-0.4, -0.2) is 43.6 Å². The van der Waals surface area contributed by atoms with Crippen LogP contribution >= 0.6 is 0 Å². The highest BCUT2D eigenvalue weighted by atomic mass is 19.3. The molecule has 2 N–H and O–H groups in total. The van der Waals surface area contributed by atoms with Crippen LogP contribution in [0.5, 0.6) is 5.75 Å². The summed E-state index contributed by atoms with van der Waals surface area (Å²) in [6.45, 7) is -0.594. The molecule has 42 heavy (non-hydrogen) atoms. The van der Waals surface area contributed by atoms with Crippen molar-refractivity contribution in [2.75, 3.05) is 13.2 Å². The lowest BCUT2D eigenvalue weighted by molar-refractivity contribution is -0.253. The summed E-state index contributed by atoms with van der Waals surface area (Å²) in [6, 6.07) is 12.8. The highest BCUT2D eigenvalue weighted by Crippen LogP contribution is 2.38. The van der Waals surface area contributed by atoms with Crippen molar-refractivity contribution < 1.29 is 54.2 Å². The van der Waals surface area contributed by atoms with E-state index < -0.39 is 59.9 Å². The van der Waals surface area contributed by atoms with Crippen molar-refractivity contribution in [2.24, 2.45) is 0 Å². The van der Waals surface area contributed by atoms with E-state index in [1.165, 1.54) is 6.92 Å². The van der Waals surface area contributed by atoms with E-state index >= 15 is 0 Å². The van der Waals surface area contributed by atoms with E-state index in [1.807, 2.05) is 5.32 Å². The minimum absolute atomic E-state index is 0.0113. The Bertz CT molecular complexity index is 1370. The van der Waals surface area contributed by atoms with E-state index in [0.717, 1.165) is 36.4 Å². The first-order valence-corrected chi connectivity index (χ1v) is 12.3. The smallest absolute Gasteiger partial charge is 0.461 e. The lowest BCUT2D eigenvalue weighted by Crippen LogP contribution is -2.54. The Morgan fingerprint density at radius 1 is 0.857 bits per heavy atom. The Morgan fingerprint density at radius 2 is 1.50 bits per heavy atom. The molecule has 1 atom stereocenters. The van der Waals surface area contributed by atoms with Crippen LogP contribution < -0.4 is 15.4 Å². The van der Waals surface area contributed by atoms with Gasteiger partial charge in [-0.05, 0) is 47.9 Å². The van der Waals surface area contributed by atoms with Crippen LogP contribution in [0.15, 0.2) is 72.8 Å². The SMILES string of the molecule is CCOC(=O)C(F)(F)CNC(=O)NC(Cc1ccccc1)(c1ccc(F)cc1)c1cc(F)cc(OC(F)(F)C(F)F)c1. The maximum atomic E-state index is 14.8. The van der Waals surface area contributed by atoms with Crippen LogP contribution in [0.4, 0.5) is 39.9 Å². The summed E-state index contributed by atoms with van der Waals surface area (Å²) in [5.74, 6) is -9.09. The molecule has 3 rings (SSSR count). The van der Waals surface area contributed by atoms with Gasteiger partial charge >= 0.3 is 30.5 Å². The number of carbonyl (C=O) groups is 2. The average Bonchev–Trinajstić information content (AvgIpc) is 2.92. The first-order chi connectivity index (χ1) is 19.7. The molecule has 14 heteroatoms. The lowest BCUT2D eigenvalue weighted by Gasteiger charge is -2.37. The van der Waals surface area contributed by atoms with Crippen LogP contribution in [0, 0.1) is 11.6 Å². The summed E-state index contributed by atoms with van der Waals surface area (Å²) in [6.07, 6.45) is -9.61. The normalized spacial score (nSPS) is 13.3. The molecule has 0 aliphatic heterocycles. The van der Waals surface area contributed by atoms with Gasteiger partial charge in [0.2, 0.25) is 0 Å². The average molecular weight is 604 g/mol. The maximum Gasteiger partial charge on any atom is 0.461 e. The van der Waals surface area contributed by atoms with Gasteiger partial charge in [-0.1, -0.05) is 42.5 Å². The predicted octanol–water partition coefficient (Wildman–Crippen LogP) is 6.19. The number of hydrogen-bond donors (Lipinski definition) is 2. The molecular weight excluding hydrogens is 580 g/mol. The van der Waals surface area contributed by atoms with Gasteiger partial charge in [-0.3, -0.25) is 0 Å². The highest BCUT2D eigenvalue weighted by Gasteiger charge is 2.45. The minimum atomic E-state index is -5.02. The molecule has 0 saturated heterocycles. The zero-order valence-corrected chi connectivity index (χ0v) is 21.8. The van der Waals surface area contributed by atoms with Gasteiger partial charge < -0.3 is 20.1 Å². The molecule has 0 spiro atoms. The molecule has 0 bridgehead atoms.